The van der Waals surface area contributed by atoms with Gasteiger partial charge in [0.15, 0.2) is 0 Å². The molecule has 1 aliphatic rings. The second-order valence-electron chi connectivity index (χ2n) is 9.41. The molecule has 39 heavy (non-hydrogen) atoms. The number of carboxylic acids is 2. The molecule has 1 radical (unpaired) electrons. The first-order valence-corrected chi connectivity index (χ1v) is 12.9. The minimum atomic E-state index is -1.08. The van der Waals surface area contributed by atoms with E-state index < -0.39 is 11.9 Å². The number of aliphatic imine (C=N–C) groups is 2. The van der Waals surface area contributed by atoms with Crippen LogP contribution in [0.25, 0.3) is 0 Å². The molecule has 0 bridgehead atoms. The molecular weight excluding hydrogens is 543 g/mol. The zero-order chi connectivity index (χ0) is 28.8. The third-order valence-electron chi connectivity index (χ3n) is 6.11. The first-order chi connectivity index (χ1) is 17.9. The van der Waals surface area contributed by atoms with Crippen molar-refractivity contribution in [2.24, 2.45) is 9.98 Å². The van der Waals surface area contributed by atoms with Crippen LogP contribution in [-0.2, 0) is 39.2 Å². The van der Waals surface area contributed by atoms with E-state index in [4.69, 9.17) is 29.8 Å². The fourth-order valence-corrected chi connectivity index (χ4v) is 4.10. The Morgan fingerprint density at radius 3 is 1.31 bits per heavy atom. The van der Waals surface area contributed by atoms with E-state index in [-0.39, 0.29) is 28.9 Å². The number of carbonyl (C=O) groups is 2. The molecule has 1 saturated carbocycles. The number of benzene rings is 2. The van der Waals surface area contributed by atoms with Crippen molar-refractivity contribution in [3.63, 3.8) is 0 Å². The topological polar surface area (TPSA) is 145 Å². The van der Waals surface area contributed by atoms with Gasteiger partial charge in [0.25, 0.3) is 0 Å². The molecule has 2 N–H and O–H groups in total. The van der Waals surface area contributed by atoms with Crippen molar-refractivity contribution in [2.45, 2.75) is 92.2 Å². The summed E-state index contributed by atoms with van der Waals surface area (Å²) in [5.74, 6) is -1.50. The fraction of sp³-hybridized carbons (Fsp3) is 0.467. The minimum absolute atomic E-state index is 0. The van der Waals surface area contributed by atoms with Gasteiger partial charge in [-0.2, -0.15) is 0 Å². The molecule has 3 rings (SSSR count). The minimum Gasteiger partial charge on any atom is -0.550 e. The van der Waals surface area contributed by atoms with Crippen LogP contribution in [0.5, 0.6) is 11.5 Å². The summed E-state index contributed by atoms with van der Waals surface area (Å²) >= 11 is 0. The molecule has 0 aliphatic heterocycles. The summed E-state index contributed by atoms with van der Waals surface area (Å²) in [4.78, 5) is 27.3. The quantitative estimate of drug-likeness (QED) is 0.500. The predicted octanol–water partition coefficient (Wildman–Crippen LogP) is 3.20. The molecular formula is C30H40CoN2O6. The molecule has 9 heteroatoms. The maximum atomic E-state index is 10.3. The Balaban J connectivity index is 0.00000142. The molecule has 2 aromatic carbocycles. The number of aliphatic carboxylic acids is 2. The molecule has 0 saturated heterocycles. The van der Waals surface area contributed by atoms with Gasteiger partial charge < -0.3 is 30.0 Å². The van der Waals surface area contributed by atoms with Crippen LogP contribution in [0.4, 0.5) is 0 Å². The molecule has 2 aromatic rings. The van der Waals surface area contributed by atoms with Crippen molar-refractivity contribution in [1.82, 2.24) is 0 Å². The van der Waals surface area contributed by atoms with Gasteiger partial charge >= 0.3 is 16.8 Å². The average Bonchev–Trinajstić information content (AvgIpc) is 2.85. The summed E-state index contributed by atoms with van der Waals surface area (Å²) in [6.07, 6.45) is 9.54. The van der Waals surface area contributed by atoms with E-state index in [1.54, 1.807) is 0 Å². The monoisotopic (exact) mass is 583 g/mol. The molecule has 8 nitrogen and oxygen atoms in total. The molecule has 0 heterocycles. The Hall–Kier alpha value is -3.17. The number of carboxylic acid groups (broad SMARTS) is 2. The summed E-state index contributed by atoms with van der Waals surface area (Å²) in [5, 5.41) is 38.4. The van der Waals surface area contributed by atoms with Crippen molar-refractivity contribution >= 4 is 24.4 Å². The van der Waals surface area contributed by atoms with Crippen molar-refractivity contribution in [1.29, 1.82) is 0 Å². The summed E-state index contributed by atoms with van der Waals surface area (Å²) in [7, 11) is 0. The Bertz CT molecular complexity index is 1040. The van der Waals surface area contributed by atoms with Crippen molar-refractivity contribution in [3.05, 3.63) is 57.6 Å². The summed E-state index contributed by atoms with van der Waals surface area (Å²) in [6.45, 7) is 10.1. The van der Waals surface area contributed by atoms with Crippen molar-refractivity contribution < 1.29 is 46.8 Å². The number of aryl methyl sites for hydroxylation is 4. The van der Waals surface area contributed by atoms with E-state index in [1.165, 1.54) is 11.1 Å². The van der Waals surface area contributed by atoms with Crippen LogP contribution in [0, 0.1) is 13.8 Å². The smallest absolute Gasteiger partial charge is 0.550 e. The first kappa shape index (κ1) is 35.8. The number of phenols is 2. The second-order valence-corrected chi connectivity index (χ2v) is 9.41. The maximum absolute atomic E-state index is 10.3. The fourth-order valence-electron chi connectivity index (χ4n) is 4.10. The number of phenolic OH excluding ortho intramolecular Hbond substituents is 2. The molecule has 1 fully saturated rings. The van der Waals surface area contributed by atoms with E-state index in [0.717, 1.165) is 74.6 Å². The van der Waals surface area contributed by atoms with Crippen molar-refractivity contribution in [3.8, 4) is 11.5 Å². The molecule has 1 aliphatic carbocycles. The van der Waals surface area contributed by atoms with Crippen LogP contribution >= 0.6 is 0 Å². The largest absolute Gasteiger partial charge is 2.00 e. The van der Waals surface area contributed by atoms with Gasteiger partial charge in [-0.05, 0) is 101 Å². The van der Waals surface area contributed by atoms with Gasteiger partial charge in [-0.15, -0.1) is 0 Å². The van der Waals surface area contributed by atoms with Crippen LogP contribution in [0.3, 0.4) is 0 Å². The Kier molecular flexibility index (Phi) is 16.7. The molecule has 0 unspecified atom stereocenters. The molecule has 0 amide bonds. The van der Waals surface area contributed by atoms with Crippen LogP contribution in [0.15, 0.2) is 34.3 Å². The normalized spacial score (nSPS) is 16.5. The SMILES string of the molecule is CC(=O)[O-].CC(=O)[O-].CCc1cc(C)c(O)c(C=NC2CCC(N=Cc3cc(CC)cc(C)c3O)CC2)c1.[Co+2]. The van der Waals surface area contributed by atoms with Gasteiger partial charge in [-0.3, -0.25) is 9.98 Å². The van der Waals surface area contributed by atoms with Crippen LogP contribution < -0.4 is 10.2 Å². The number of rotatable bonds is 6. The number of nitrogens with zero attached hydrogens (tertiary/aromatic N) is 2. The zero-order valence-corrected chi connectivity index (χ0v) is 24.7. The Morgan fingerprint density at radius 2 is 1.05 bits per heavy atom. The van der Waals surface area contributed by atoms with Gasteiger partial charge in [-0.25, -0.2) is 0 Å². The zero-order valence-electron chi connectivity index (χ0n) is 23.6. The van der Waals surface area contributed by atoms with Gasteiger partial charge in [0.2, 0.25) is 0 Å². The second kappa shape index (κ2) is 18.2. The van der Waals surface area contributed by atoms with Gasteiger partial charge in [-0.1, -0.05) is 26.0 Å². The first-order valence-electron chi connectivity index (χ1n) is 12.9. The van der Waals surface area contributed by atoms with Crippen LogP contribution in [0.1, 0.15) is 86.8 Å². The summed E-state index contributed by atoms with van der Waals surface area (Å²) < 4.78 is 0. The Labute approximate surface area is 242 Å². The standard InChI is InChI=1S/C26H34N2O2.2C2H4O2.Co/c1-5-19-11-17(3)25(29)21(13-19)15-27-23-7-9-24(10-8-23)28-16-22-14-20(6-2)12-18(4)26(22)30;2*1-2(3)4;/h11-16,23-24,29-30H,5-10H2,1-4H3;2*1H3,(H,3,4);/q;;;+2/p-2. The Morgan fingerprint density at radius 1 is 0.769 bits per heavy atom. The van der Waals surface area contributed by atoms with Crippen LogP contribution in [-0.4, -0.2) is 46.7 Å². The maximum Gasteiger partial charge on any atom is 2.00 e. The number of hydrogen-bond donors (Lipinski definition) is 2. The third kappa shape index (κ3) is 13.4. The van der Waals surface area contributed by atoms with E-state index in [2.05, 4.69) is 13.8 Å². The molecule has 0 atom stereocenters. The van der Waals surface area contributed by atoms with E-state index >= 15 is 0 Å². The number of aromatic hydroxyl groups is 2. The summed E-state index contributed by atoms with van der Waals surface area (Å²) in [5.41, 5.74) is 5.87. The third-order valence-corrected chi connectivity index (χ3v) is 6.11. The van der Waals surface area contributed by atoms with E-state index in [1.807, 2.05) is 50.5 Å². The van der Waals surface area contributed by atoms with E-state index in [9.17, 15) is 10.2 Å². The predicted molar refractivity (Wildman–Crippen MR) is 147 cm³/mol. The van der Waals surface area contributed by atoms with Gasteiger partial charge in [0.1, 0.15) is 11.5 Å². The molecule has 0 aromatic heterocycles. The average molecular weight is 584 g/mol. The van der Waals surface area contributed by atoms with Gasteiger partial charge in [0, 0.05) is 35.5 Å². The number of carbonyl (C=O) groups excluding carboxylic acids is 2. The molecule has 0 spiro atoms. The van der Waals surface area contributed by atoms with Crippen LogP contribution in [0.2, 0.25) is 0 Å². The number of hydrogen-bond acceptors (Lipinski definition) is 8. The van der Waals surface area contributed by atoms with Crippen molar-refractivity contribution in [2.75, 3.05) is 0 Å². The summed E-state index contributed by atoms with van der Waals surface area (Å²) in [6, 6.07) is 8.68. The molecule has 215 valence electrons. The van der Waals surface area contributed by atoms with Gasteiger partial charge in [0.05, 0.1) is 12.1 Å². The van der Waals surface area contributed by atoms with E-state index in [0.29, 0.717) is 11.5 Å².